The van der Waals surface area contributed by atoms with Crippen molar-refractivity contribution in [1.29, 1.82) is 0 Å². The van der Waals surface area contributed by atoms with Crippen molar-refractivity contribution in [2.45, 2.75) is 44.8 Å². The third kappa shape index (κ3) is 6.05. The second-order valence-corrected chi connectivity index (χ2v) is 7.56. The molecule has 0 saturated heterocycles. The summed E-state index contributed by atoms with van der Waals surface area (Å²) >= 11 is 6.11. The molecule has 1 fully saturated rings. The number of nitrogens with zero attached hydrogens (tertiary/aromatic N) is 1. The standard InChI is InChI=1S/C18H26ClFN4O2/c1-18(2,3)26-17(25)23-9-8-22-16(21-4)24-14-10-11(14)15-12(19)6-5-7-13(15)20/h5-7,11,14H,8-10H2,1-4H3,(H,23,25)(H2,21,22,24). The van der Waals surface area contributed by atoms with Crippen LogP contribution in [0.2, 0.25) is 5.02 Å². The van der Waals surface area contributed by atoms with Gasteiger partial charge in [-0.25, -0.2) is 9.18 Å². The molecule has 2 unspecified atom stereocenters. The third-order valence-corrected chi connectivity index (χ3v) is 4.12. The summed E-state index contributed by atoms with van der Waals surface area (Å²) in [6.45, 7) is 6.30. The van der Waals surface area contributed by atoms with Gasteiger partial charge < -0.3 is 20.7 Å². The molecular weight excluding hydrogens is 359 g/mol. The van der Waals surface area contributed by atoms with E-state index < -0.39 is 11.7 Å². The van der Waals surface area contributed by atoms with Crippen molar-refractivity contribution in [2.75, 3.05) is 20.1 Å². The molecule has 1 aliphatic carbocycles. The molecule has 0 aliphatic heterocycles. The maximum absolute atomic E-state index is 14.0. The minimum atomic E-state index is -0.524. The van der Waals surface area contributed by atoms with Gasteiger partial charge in [0.15, 0.2) is 5.96 Å². The van der Waals surface area contributed by atoms with Crippen molar-refractivity contribution in [1.82, 2.24) is 16.0 Å². The first-order valence-corrected chi connectivity index (χ1v) is 8.97. The van der Waals surface area contributed by atoms with E-state index >= 15 is 0 Å². The van der Waals surface area contributed by atoms with Gasteiger partial charge in [-0.1, -0.05) is 17.7 Å². The van der Waals surface area contributed by atoms with E-state index in [2.05, 4.69) is 20.9 Å². The number of carbonyl (C=O) groups excluding carboxylic acids is 1. The van der Waals surface area contributed by atoms with Crippen LogP contribution in [0.1, 0.15) is 38.7 Å². The van der Waals surface area contributed by atoms with Crippen LogP contribution in [0.4, 0.5) is 9.18 Å². The predicted molar refractivity (Wildman–Crippen MR) is 101 cm³/mol. The van der Waals surface area contributed by atoms with Crippen LogP contribution in [0.5, 0.6) is 0 Å². The van der Waals surface area contributed by atoms with Gasteiger partial charge in [-0.15, -0.1) is 0 Å². The van der Waals surface area contributed by atoms with Crippen LogP contribution in [0.3, 0.4) is 0 Å². The Balaban J connectivity index is 1.74. The monoisotopic (exact) mass is 384 g/mol. The van der Waals surface area contributed by atoms with E-state index in [-0.39, 0.29) is 17.8 Å². The minimum absolute atomic E-state index is 0.0298. The first kappa shape index (κ1) is 20.3. The highest BCUT2D eigenvalue weighted by Gasteiger charge is 2.41. The Kier molecular flexibility index (Phi) is 6.69. The number of ether oxygens (including phenoxy) is 1. The highest BCUT2D eigenvalue weighted by Crippen LogP contribution is 2.44. The number of carbonyl (C=O) groups is 1. The quantitative estimate of drug-likeness (QED) is 0.414. The summed E-state index contributed by atoms with van der Waals surface area (Å²) in [6.07, 6.45) is 0.330. The topological polar surface area (TPSA) is 74.8 Å². The lowest BCUT2D eigenvalue weighted by molar-refractivity contribution is 0.0529. The van der Waals surface area contributed by atoms with Crippen LogP contribution in [-0.4, -0.2) is 43.8 Å². The normalized spacial score (nSPS) is 19.7. The lowest BCUT2D eigenvalue weighted by atomic mass is 10.1. The van der Waals surface area contributed by atoms with Gasteiger partial charge in [-0.2, -0.15) is 0 Å². The Bertz CT molecular complexity index is 655. The lowest BCUT2D eigenvalue weighted by Crippen LogP contribution is -2.43. The summed E-state index contributed by atoms with van der Waals surface area (Å²) in [5, 5.41) is 9.45. The fourth-order valence-corrected chi connectivity index (χ4v) is 2.87. The van der Waals surface area contributed by atoms with Gasteiger partial charge in [-0.3, -0.25) is 4.99 Å². The van der Waals surface area contributed by atoms with Crippen molar-refractivity contribution >= 4 is 23.7 Å². The molecule has 1 aromatic rings. The second kappa shape index (κ2) is 8.58. The zero-order chi connectivity index (χ0) is 19.3. The number of hydrogen-bond donors (Lipinski definition) is 3. The molecule has 1 saturated carbocycles. The molecule has 1 aliphatic rings. The predicted octanol–water partition coefficient (Wildman–Crippen LogP) is 3.02. The van der Waals surface area contributed by atoms with Gasteiger partial charge >= 0.3 is 6.09 Å². The average molecular weight is 385 g/mol. The van der Waals surface area contributed by atoms with E-state index in [1.165, 1.54) is 6.07 Å². The molecule has 3 N–H and O–H groups in total. The zero-order valence-electron chi connectivity index (χ0n) is 15.5. The van der Waals surface area contributed by atoms with E-state index in [0.29, 0.717) is 29.6 Å². The molecule has 1 amide bonds. The summed E-state index contributed by atoms with van der Waals surface area (Å²) in [7, 11) is 1.66. The Labute approximate surface area is 158 Å². The summed E-state index contributed by atoms with van der Waals surface area (Å²) in [4.78, 5) is 15.7. The van der Waals surface area contributed by atoms with E-state index in [4.69, 9.17) is 16.3 Å². The van der Waals surface area contributed by atoms with Gasteiger partial charge in [0.1, 0.15) is 11.4 Å². The minimum Gasteiger partial charge on any atom is -0.444 e. The van der Waals surface area contributed by atoms with E-state index in [9.17, 15) is 9.18 Å². The van der Waals surface area contributed by atoms with E-state index in [0.717, 1.165) is 6.42 Å². The Morgan fingerprint density at radius 2 is 2.04 bits per heavy atom. The number of benzene rings is 1. The molecule has 0 heterocycles. The van der Waals surface area contributed by atoms with Crippen LogP contribution in [0.15, 0.2) is 23.2 Å². The third-order valence-electron chi connectivity index (χ3n) is 3.79. The molecule has 1 aromatic carbocycles. The molecule has 8 heteroatoms. The number of hydrogen-bond acceptors (Lipinski definition) is 3. The number of guanidine groups is 1. The molecular formula is C18H26ClFN4O2. The SMILES string of the molecule is CN=C(NCCNC(=O)OC(C)(C)C)NC1CC1c1c(F)cccc1Cl. The van der Waals surface area contributed by atoms with E-state index in [1.807, 2.05) is 20.8 Å². The maximum Gasteiger partial charge on any atom is 0.407 e. The van der Waals surface area contributed by atoms with Crippen LogP contribution in [0.25, 0.3) is 0 Å². The molecule has 0 spiro atoms. The van der Waals surface area contributed by atoms with Gasteiger partial charge in [0.25, 0.3) is 0 Å². The number of halogens is 2. The molecule has 2 atom stereocenters. The number of aliphatic imine (C=N–C) groups is 1. The smallest absolute Gasteiger partial charge is 0.407 e. The molecule has 2 rings (SSSR count). The van der Waals surface area contributed by atoms with Gasteiger partial charge in [0.05, 0.1) is 0 Å². The fraction of sp³-hybridized carbons (Fsp3) is 0.556. The largest absolute Gasteiger partial charge is 0.444 e. The molecule has 26 heavy (non-hydrogen) atoms. The van der Waals surface area contributed by atoms with Gasteiger partial charge in [0, 0.05) is 42.7 Å². The van der Waals surface area contributed by atoms with Crippen LogP contribution < -0.4 is 16.0 Å². The number of nitrogens with one attached hydrogen (secondary N) is 3. The summed E-state index contributed by atoms with van der Waals surface area (Å²) in [5.41, 5.74) is 0.0260. The Morgan fingerprint density at radius 3 is 2.65 bits per heavy atom. The number of alkyl carbamates (subject to hydrolysis) is 1. The highest BCUT2D eigenvalue weighted by molar-refractivity contribution is 6.31. The molecule has 0 bridgehead atoms. The number of amides is 1. The fourth-order valence-electron chi connectivity index (χ4n) is 2.57. The highest BCUT2D eigenvalue weighted by atomic mass is 35.5. The average Bonchev–Trinajstić information content (AvgIpc) is 3.27. The summed E-state index contributed by atoms with van der Waals surface area (Å²) in [5.74, 6) is 0.342. The molecule has 6 nitrogen and oxygen atoms in total. The van der Waals surface area contributed by atoms with Crippen LogP contribution >= 0.6 is 11.6 Å². The molecule has 0 aromatic heterocycles. The van der Waals surface area contributed by atoms with Gasteiger partial charge in [0.2, 0.25) is 0 Å². The first-order valence-electron chi connectivity index (χ1n) is 8.59. The maximum atomic E-state index is 14.0. The van der Waals surface area contributed by atoms with Crippen molar-refractivity contribution in [3.05, 3.63) is 34.6 Å². The van der Waals surface area contributed by atoms with Crippen molar-refractivity contribution in [3.63, 3.8) is 0 Å². The van der Waals surface area contributed by atoms with Crippen molar-refractivity contribution < 1.29 is 13.9 Å². The van der Waals surface area contributed by atoms with Crippen molar-refractivity contribution in [3.8, 4) is 0 Å². The van der Waals surface area contributed by atoms with Gasteiger partial charge in [-0.05, 0) is 39.3 Å². The summed E-state index contributed by atoms with van der Waals surface area (Å²) < 4.78 is 19.1. The molecule has 144 valence electrons. The second-order valence-electron chi connectivity index (χ2n) is 7.16. The zero-order valence-corrected chi connectivity index (χ0v) is 16.3. The van der Waals surface area contributed by atoms with Crippen molar-refractivity contribution in [2.24, 2.45) is 4.99 Å². The summed E-state index contributed by atoms with van der Waals surface area (Å²) in [6, 6.07) is 4.80. The van der Waals surface area contributed by atoms with E-state index in [1.54, 1.807) is 19.2 Å². The Hall–Kier alpha value is -2.02. The number of rotatable bonds is 5. The van der Waals surface area contributed by atoms with Crippen LogP contribution in [-0.2, 0) is 4.74 Å². The Morgan fingerprint density at radius 1 is 1.35 bits per heavy atom. The lowest BCUT2D eigenvalue weighted by Gasteiger charge is -2.20. The molecule has 0 radical (unpaired) electrons. The van der Waals surface area contributed by atoms with Crippen LogP contribution in [0, 0.1) is 5.82 Å². The first-order chi connectivity index (χ1) is 12.2.